The summed E-state index contributed by atoms with van der Waals surface area (Å²) in [4.78, 5) is 20.2. The molecular weight excluding hydrogens is 349 g/mol. The Hall–Kier alpha value is -2.45. The lowest BCUT2D eigenvalue weighted by Gasteiger charge is -2.31. The van der Waals surface area contributed by atoms with Crippen LogP contribution in [0.4, 0.5) is 13.2 Å². The van der Waals surface area contributed by atoms with E-state index in [0.29, 0.717) is 30.1 Å². The minimum Gasteiger partial charge on any atom is -0.353 e. The van der Waals surface area contributed by atoms with Crippen LogP contribution in [0.25, 0.3) is 11.4 Å². The second kappa shape index (κ2) is 7.84. The predicted octanol–water partition coefficient (Wildman–Crippen LogP) is 3.30. The number of halogens is 3. The molecule has 9 heteroatoms. The molecule has 1 saturated carbocycles. The zero-order chi connectivity index (χ0) is 18.6. The molecule has 1 N–H and O–H groups in total. The summed E-state index contributed by atoms with van der Waals surface area (Å²) >= 11 is 0. The van der Waals surface area contributed by atoms with Gasteiger partial charge in [-0.3, -0.25) is 9.78 Å². The van der Waals surface area contributed by atoms with Crippen LogP contribution in [0.5, 0.6) is 0 Å². The molecule has 1 fully saturated rings. The summed E-state index contributed by atoms with van der Waals surface area (Å²) in [6.45, 7) is 0. The number of nitrogens with zero attached hydrogens (tertiary/aromatic N) is 3. The van der Waals surface area contributed by atoms with Gasteiger partial charge in [0.25, 0.3) is 0 Å². The third kappa shape index (κ3) is 4.80. The highest BCUT2D eigenvalue weighted by molar-refractivity contribution is 5.76. The van der Waals surface area contributed by atoms with Crippen LogP contribution in [0.2, 0.25) is 0 Å². The normalized spacial score (nSPS) is 20.7. The van der Waals surface area contributed by atoms with Gasteiger partial charge < -0.3 is 9.84 Å². The number of aryl methyl sites for hydroxylation is 1. The van der Waals surface area contributed by atoms with Gasteiger partial charge in [-0.25, -0.2) is 0 Å². The smallest absolute Gasteiger partial charge is 0.353 e. The van der Waals surface area contributed by atoms with Crippen molar-refractivity contribution in [2.45, 2.75) is 50.7 Å². The maximum absolute atomic E-state index is 12.8. The van der Waals surface area contributed by atoms with Crippen molar-refractivity contribution >= 4 is 5.91 Å². The molecule has 0 aliphatic heterocycles. The standard InChI is InChI=1S/C17H19F3N4O2/c18-17(19,20)12-4-1-5-13(9-12)22-14(25)6-7-15-23-16(24-26-15)11-3-2-8-21-10-11/h2-3,8,10,12-13H,1,4-7,9H2,(H,22,25). The Kier molecular flexibility index (Phi) is 5.53. The van der Waals surface area contributed by atoms with Gasteiger partial charge in [0.1, 0.15) is 0 Å². The summed E-state index contributed by atoms with van der Waals surface area (Å²) in [5.41, 5.74) is 0.701. The Morgan fingerprint density at radius 1 is 1.35 bits per heavy atom. The summed E-state index contributed by atoms with van der Waals surface area (Å²) in [5.74, 6) is -0.955. The van der Waals surface area contributed by atoms with E-state index < -0.39 is 18.1 Å². The van der Waals surface area contributed by atoms with Gasteiger partial charge in [0.15, 0.2) is 0 Å². The van der Waals surface area contributed by atoms with Crippen LogP contribution in [-0.2, 0) is 11.2 Å². The van der Waals surface area contributed by atoms with Crippen molar-refractivity contribution in [1.29, 1.82) is 0 Å². The van der Waals surface area contributed by atoms with Gasteiger partial charge >= 0.3 is 6.18 Å². The lowest BCUT2D eigenvalue weighted by atomic mass is 9.85. The monoisotopic (exact) mass is 368 g/mol. The van der Waals surface area contributed by atoms with Crippen molar-refractivity contribution in [2.75, 3.05) is 0 Å². The van der Waals surface area contributed by atoms with E-state index in [-0.39, 0.29) is 31.6 Å². The van der Waals surface area contributed by atoms with Gasteiger partial charge in [0.05, 0.1) is 5.92 Å². The Labute approximate surface area is 148 Å². The number of carbonyl (C=O) groups is 1. The molecule has 0 saturated heterocycles. The Balaban J connectivity index is 1.48. The molecule has 2 aromatic heterocycles. The Morgan fingerprint density at radius 2 is 2.19 bits per heavy atom. The number of amides is 1. The average Bonchev–Trinajstić information content (AvgIpc) is 3.09. The first-order chi connectivity index (χ1) is 12.4. The summed E-state index contributed by atoms with van der Waals surface area (Å²) in [7, 11) is 0. The summed E-state index contributed by atoms with van der Waals surface area (Å²) in [6, 6.07) is 3.10. The number of nitrogens with one attached hydrogen (secondary N) is 1. The second-order valence-corrected chi connectivity index (χ2v) is 6.42. The van der Waals surface area contributed by atoms with Crippen molar-refractivity contribution in [3.8, 4) is 11.4 Å². The molecule has 1 amide bonds. The first kappa shape index (κ1) is 18.3. The topological polar surface area (TPSA) is 80.9 Å². The number of pyridine rings is 1. The van der Waals surface area contributed by atoms with Crippen LogP contribution >= 0.6 is 0 Å². The third-order valence-electron chi connectivity index (χ3n) is 4.46. The molecule has 26 heavy (non-hydrogen) atoms. The highest BCUT2D eigenvalue weighted by Gasteiger charge is 2.42. The molecule has 2 heterocycles. The molecule has 1 aliphatic rings. The van der Waals surface area contributed by atoms with Crippen LogP contribution in [0, 0.1) is 5.92 Å². The van der Waals surface area contributed by atoms with E-state index >= 15 is 0 Å². The Bertz CT molecular complexity index is 733. The van der Waals surface area contributed by atoms with Crippen molar-refractivity contribution in [2.24, 2.45) is 5.92 Å². The molecule has 0 spiro atoms. The van der Waals surface area contributed by atoms with E-state index in [1.54, 1.807) is 24.5 Å². The number of hydrogen-bond donors (Lipinski definition) is 1. The van der Waals surface area contributed by atoms with Gasteiger partial charge in [-0.1, -0.05) is 11.6 Å². The summed E-state index contributed by atoms with van der Waals surface area (Å²) in [5, 5.41) is 6.53. The van der Waals surface area contributed by atoms with Crippen molar-refractivity contribution in [1.82, 2.24) is 20.4 Å². The average molecular weight is 368 g/mol. The lowest BCUT2D eigenvalue weighted by molar-refractivity contribution is -0.184. The van der Waals surface area contributed by atoms with Crippen LogP contribution in [0.1, 0.15) is 38.0 Å². The highest BCUT2D eigenvalue weighted by atomic mass is 19.4. The SMILES string of the molecule is O=C(CCc1nc(-c2cccnc2)no1)NC1CCCC(C(F)(F)F)C1. The number of rotatable bonds is 5. The number of carbonyl (C=O) groups excluding carboxylic acids is 1. The largest absolute Gasteiger partial charge is 0.391 e. The molecule has 0 aromatic carbocycles. The van der Waals surface area contributed by atoms with E-state index in [1.165, 1.54) is 0 Å². The lowest BCUT2D eigenvalue weighted by Crippen LogP contribution is -2.41. The minimum absolute atomic E-state index is 0.0546. The maximum Gasteiger partial charge on any atom is 0.391 e. The fourth-order valence-electron chi connectivity index (χ4n) is 3.11. The van der Waals surface area contributed by atoms with Gasteiger partial charge in [-0.05, 0) is 31.4 Å². The van der Waals surface area contributed by atoms with Crippen LogP contribution in [0.15, 0.2) is 29.0 Å². The van der Waals surface area contributed by atoms with Crippen molar-refractivity contribution in [3.63, 3.8) is 0 Å². The number of hydrogen-bond acceptors (Lipinski definition) is 5. The molecule has 3 rings (SSSR count). The van der Waals surface area contributed by atoms with Gasteiger partial charge in [-0.2, -0.15) is 18.2 Å². The molecular formula is C17H19F3N4O2. The number of alkyl halides is 3. The minimum atomic E-state index is -4.20. The molecule has 6 nitrogen and oxygen atoms in total. The zero-order valence-corrected chi connectivity index (χ0v) is 14.0. The highest BCUT2D eigenvalue weighted by Crippen LogP contribution is 2.37. The van der Waals surface area contributed by atoms with Gasteiger partial charge in [0, 0.05) is 36.8 Å². The molecule has 2 aromatic rings. The van der Waals surface area contributed by atoms with E-state index in [1.807, 2.05) is 0 Å². The molecule has 140 valence electrons. The van der Waals surface area contributed by atoms with E-state index in [4.69, 9.17) is 4.52 Å². The van der Waals surface area contributed by atoms with Crippen molar-refractivity contribution < 1.29 is 22.5 Å². The van der Waals surface area contributed by atoms with E-state index in [0.717, 1.165) is 0 Å². The fraction of sp³-hybridized carbons (Fsp3) is 0.529. The summed E-state index contributed by atoms with van der Waals surface area (Å²) < 4.78 is 43.6. The van der Waals surface area contributed by atoms with Crippen molar-refractivity contribution in [3.05, 3.63) is 30.4 Å². The van der Waals surface area contributed by atoms with Crippen LogP contribution < -0.4 is 5.32 Å². The first-order valence-electron chi connectivity index (χ1n) is 8.51. The van der Waals surface area contributed by atoms with Gasteiger partial charge in [0.2, 0.25) is 17.6 Å². The third-order valence-corrected chi connectivity index (χ3v) is 4.46. The predicted molar refractivity (Wildman–Crippen MR) is 85.8 cm³/mol. The van der Waals surface area contributed by atoms with Crippen LogP contribution in [-0.4, -0.2) is 33.2 Å². The zero-order valence-electron chi connectivity index (χ0n) is 14.0. The fourth-order valence-corrected chi connectivity index (χ4v) is 3.11. The molecule has 0 radical (unpaired) electrons. The molecule has 2 atom stereocenters. The first-order valence-corrected chi connectivity index (χ1v) is 8.51. The Morgan fingerprint density at radius 3 is 2.92 bits per heavy atom. The maximum atomic E-state index is 12.8. The second-order valence-electron chi connectivity index (χ2n) is 6.42. The quantitative estimate of drug-likeness (QED) is 0.876. The van der Waals surface area contributed by atoms with Crippen LogP contribution in [0.3, 0.4) is 0 Å². The summed E-state index contributed by atoms with van der Waals surface area (Å²) in [6.07, 6.45) is 0.463. The molecule has 1 aliphatic carbocycles. The van der Waals surface area contributed by atoms with E-state index in [2.05, 4.69) is 20.4 Å². The molecule has 2 unspecified atom stereocenters. The van der Waals surface area contributed by atoms with E-state index in [9.17, 15) is 18.0 Å². The number of aromatic nitrogens is 3. The van der Waals surface area contributed by atoms with Gasteiger partial charge in [-0.15, -0.1) is 0 Å². The molecule has 0 bridgehead atoms.